The lowest BCUT2D eigenvalue weighted by Gasteiger charge is -1.94. The Hall–Kier alpha value is -2.36. The van der Waals surface area contributed by atoms with Crippen LogP contribution >= 0.6 is 0 Å². The van der Waals surface area contributed by atoms with Gasteiger partial charge in [-0.3, -0.25) is 0 Å². The van der Waals surface area contributed by atoms with E-state index in [4.69, 9.17) is 9.47 Å². The molecule has 0 unspecified atom stereocenters. The summed E-state index contributed by atoms with van der Waals surface area (Å²) in [4.78, 5) is 22.3. The lowest BCUT2D eigenvalue weighted by molar-refractivity contribution is -0.138. The molecular weight excluding hydrogens is 280 g/mol. The molecule has 0 radical (unpaired) electrons. The Balaban J connectivity index is 4.41. The molecule has 0 aliphatic rings. The van der Waals surface area contributed by atoms with Gasteiger partial charge >= 0.3 is 11.9 Å². The van der Waals surface area contributed by atoms with Crippen molar-refractivity contribution in [3.05, 3.63) is 59.8 Å². The van der Waals surface area contributed by atoms with Crippen molar-refractivity contribution in [3.63, 3.8) is 0 Å². The van der Waals surface area contributed by atoms with Gasteiger partial charge in [-0.15, -0.1) is 0 Å². The van der Waals surface area contributed by atoms with E-state index < -0.39 is 0 Å². The molecule has 0 aromatic carbocycles. The van der Waals surface area contributed by atoms with Gasteiger partial charge < -0.3 is 9.47 Å². The minimum atomic E-state index is -0.348. The molecule has 22 heavy (non-hydrogen) atoms. The highest BCUT2D eigenvalue weighted by Crippen LogP contribution is 1.99. The van der Waals surface area contributed by atoms with E-state index in [-0.39, 0.29) is 11.9 Å². The smallest absolute Gasteiger partial charge is 0.330 e. The summed E-state index contributed by atoms with van der Waals surface area (Å²) >= 11 is 0. The number of carbonyl (C=O) groups is 2. The molecule has 0 atom stereocenters. The molecule has 0 saturated carbocycles. The van der Waals surface area contributed by atoms with Crippen LogP contribution in [0.25, 0.3) is 0 Å². The maximum atomic E-state index is 11.1. The molecule has 0 N–H and O–H groups in total. The van der Waals surface area contributed by atoms with Crippen molar-refractivity contribution < 1.29 is 19.1 Å². The number of allylic oxidation sites excluding steroid dienone is 8. The minimum Gasteiger partial charge on any atom is -0.463 e. The van der Waals surface area contributed by atoms with Crippen LogP contribution in [0.1, 0.15) is 27.7 Å². The normalized spacial score (nSPS) is 13.3. The second-order valence-electron chi connectivity index (χ2n) is 4.38. The van der Waals surface area contributed by atoms with Crippen LogP contribution in [-0.2, 0) is 19.1 Å². The van der Waals surface area contributed by atoms with Crippen LogP contribution in [0.3, 0.4) is 0 Å². The van der Waals surface area contributed by atoms with E-state index in [1.807, 2.05) is 38.2 Å². The Morgan fingerprint density at radius 3 is 1.41 bits per heavy atom. The summed E-state index contributed by atoms with van der Waals surface area (Å²) in [6.07, 6.45) is 13.6. The highest BCUT2D eigenvalue weighted by Gasteiger charge is 1.92. The molecule has 120 valence electrons. The van der Waals surface area contributed by atoms with Crippen LogP contribution in [0.2, 0.25) is 0 Å². The van der Waals surface area contributed by atoms with Gasteiger partial charge in [0.1, 0.15) is 0 Å². The standard InChI is InChI=1S/C18H24O4/c1-5-21-17(19)13-11-15(3)9-7-8-10-16(4)12-14-18(20)22-6-2/h7-14H,5-6H2,1-4H3/b8-7+,13-11+,14-12+,15-9+,16-10+. The van der Waals surface area contributed by atoms with E-state index in [9.17, 15) is 9.59 Å². The van der Waals surface area contributed by atoms with Crippen molar-refractivity contribution in [1.82, 2.24) is 0 Å². The molecule has 0 spiro atoms. The molecule has 0 rings (SSSR count). The Bertz CT molecular complexity index is 459. The molecule has 0 aliphatic carbocycles. The van der Waals surface area contributed by atoms with Gasteiger partial charge in [0, 0.05) is 12.2 Å². The second kappa shape index (κ2) is 12.4. The second-order valence-corrected chi connectivity index (χ2v) is 4.38. The zero-order valence-electron chi connectivity index (χ0n) is 13.7. The fourth-order valence-electron chi connectivity index (χ4n) is 1.31. The monoisotopic (exact) mass is 304 g/mol. The number of ether oxygens (including phenoxy) is 2. The van der Waals surface area contributed by atoms with Crippen LogP contribution in [0, 0.1) is 0 Å². The van der Waals surface area contributed by atoms with Crippen molar-refractivity contribution in [2.24, 2.45) is 0 Å². The summed E-state index contributed by atoms with van der Waals surface area (Å²) in [5.41, 5.74) is 1.86. The summed E-state index contributed by atoms with van der Waals surface area (Å²) in [6.45, 7) is 8.05. The first-order valence-corrected chi connectivity index (χ1v) is 7.21. The summed E-state index contributed by atoms with van der Waals surface area (Å²) in [5.74, 6) is -0.696. The number of hydrogen-bond acceptors (Lipinski definition) is 4. The number of rotatable bonds is 8. The maximum Gasteiger partial charge on any atom is 0.330 e. The summed E-state index contributed by atoms with van der Waals surface area (Å²) in [7, 11) is 0. The zero-order valence-corrected chi connectivity index (χ0v) is 13.7. The van der Waals surface area contributed by atoms with Crippen LogP contribution in [-0.4, -0.2) is 25.2 Å². The van der Waals surface area contributed by atoms with E-state index in [0.29, 0.717) is 13.2 Å². The van der Waals surface area contributed by atoms with Crippen molar-refractivity contribution in [2.75, 3.05) is 13.2 Å². The lowest BCUT2D eigenvalue weighted by atomic mass is 10.2. The van der Waals surface area contributed by atoms with Crippen LogP contribution < -0.4 is 0 Å². The summed E-state index contributed by atoms with van der Waals surface area (Å²) in [5, 5.41) is 0. The first-order valence-electron chi connectivity index (χ1n) is 7.21. The topological polar surface area (TPSA) is 52.6 Å². The molecule has 0 saturated heterocycles. The largest absolute Gasteiger partial charge is 0.463 e. The number of carbonyl (C=O) groups excluding carboxylic acids is 2. The lowest BCUT2D eigenvalue weighted by Crippen LogP contribution is -1.98. The van der Waals surface area contributed by atoms with Gasteiger partial charge in [-0.2, -0.15) is 0 Å². The molecule has 0 heterocycles. The third kappa shape index (κ3) is 11.5. The van der Waals surface area contributed by atoms with Crippen LogP contribution in [0.15, 0.2) is 59.8 Å². The third-order valence-electron chi connectivity index (χ3n) is 2.37. The van der Waals surface area contributed by atoms with Gasteiger partial charge in [0.05, 0.1) is 13.2 Å². The first-order chi connectivity index (χ1) is 10.5. The van der Waals surface area contributed by atoms with E-state index >= 15 is 0 Å². The molecule has 4 heteroatoms. The molecule has 4 nitrogen and oxygen atoms in total. The molecule has 0 bridgehead atoms. The van der Waals surface area contributed by atoms with Crippen molar-refractivity contribution in [2.45, 2.75) is 27.7 Å². The van der Waals surface area contributed by atoms with Gasteiger partial charge in [0.25, 0.3) is 0 Å². The van der Waals surface area contributed by atoms with Crippen molar-refractivity contribution in [1.29, 1.82) is 0 Å². The molecule has 0 aromatic rings. The van der Waals surface area contributed by atoms with E-state index in [2.05, 4.69) is 0 Å². The maximum absolute atomic E-state index is 11.1. The van der Waals surface area contributed by atoms with Crippen LogP contribution in [0.4, 0.5) is 0 Å². The summed E-state index contributed by atoms with van der Waals surface area (Å²) in [6, 6.07) is 0. The fourth-order valence-corrected chi connectivity index (χ4v) is 1.31. The Labute approximate surface area is 132 Å². The van der Waals surface area contributed by atoms with Gasteiger partial charge in [-0.25, -0.2) is 9.59 Å². The van der Waals surface area contributed by atoms with Gasteiger partial charge in [-0.05, 0) is 27.7 Å². The quantitative estimate of drug-likeness (QED) is 0.390. The van der Waals surface area contributed by atoms with Crippen LogP contribution in [0.5, 0.6) is 0 Å². The first kappa shape index (κ1) is 19.6. The number of hydrogen-bond donors (Lipinski definition) is 0. The summed E-state index contributed by atoms with van der Waals surface area (Å²) < 4.78 is 9.57. The predicted octanol–water partition coefficient (Wildman–Crippen LogP) is 3.67. The molecule has 0 amide bonds. The Kier molecular flexibility index (Phi) is 11.1. The minimum absolute atomic E-state index is 0.348. The van der Waals surface area contributed by atoms with Crippen molar-refractivity contribution in [3.8, 4) is 0 Å². The highest BCUT2D eigenvalue weighted by atomic mass is 16.5. The molecule has 0 aromatic heterocycles. The highest BCUT2D eigenvalue weighted by molar-refractivity contribution is 5.82. The van der Waals surface area contributed by atoms with Gasteiger partial charge in [0.2, 0.25) is 0 Å². The average molecular weight is 304 g/mol. The number of esters is 2. The molecular formula is C18H24O4. The van der Waals surface area contributed by atoms with E-state index in [1.165, 1.54) is 12.2 Å². The van der Waals surface area contributed by atoms with Crippen molar-refractivity contribution >= 4 is 11.9 Å². The van der Waals surface area contributed by atoms with Gasteiger partial charge in [-0.1, -0.05) is 47.6 Å². The van der Waals surface area contributed by atoms with E-state index in [1.54, 1.807) is 26.0 Å². The Morgan fingerprint density at radius 1 is 0.727 bits per heavy atom. The fraction of sp³-hybridized carbons (Fsp3) is 0.333. The third-order valence-corrected chi connectivity index (χ3v) is 2.37. The Morgan fingerprint density at radius 2 is 1.09 bits per heavy atom. The predicted molar refractivity (Wildman–Crippen MR) is 88.2 cm³/mol. The SMILES string of the molecule is CCOC(=O)/C=C/C(C)=C/C=C/C=C(C)/C=C/C(=O)OCC. The zero-order chi connectivity index (χ0) is 16.8. The molecule has 0 aliphatic heterocycles. The van der Waals surface area contributed by atoms with Gasteiger partial charge in [0.15, 0.2) is 0 Å². The molecule has 0 fully saturated rings. The van der Waals surface area contributed by atoms with E-state index in [0.717, 1.165) is 11.1 Å². The average Bonchev–Trinajstić information content (AvgIpc) is 2.48.